The van der Waals surface area contributed by atoms with E-state index in [-0.39, 0.29) is 16.7 Å². The number of hydrogen-bond donors (Lipinski definition) is 1. The van der Waals surface area contributed by atoms with Gasteiger partial charge >= 0.3 is 5.69 Å². The molecule has 1 aromatic rings. The summed E-state index contributed by atoms with van der Waals surface area (Å²) in [7, 11) is 0. The molecule has 110 valence electrons. The molecule has 7 nitrogen and oxygen atoms in total. The summed E-state index contributed by atoms with van der Waals surface area (Å²) in [4.78, 5) is 13.3. The van der Waals surface area contributed by atoms with Gasteiger partial charge in [-0.3, -0.25) is 10.1 Å². The highest BCUT2D eigenvalue weighted by Crippen LogP contribution is 2.40. The molecule has 0 aliphatic carbocycles. The van der Waals surface area contributed by atoms with Crippen molar-refractivity contribution in [2.45, 2.75) is 39.3 Å². The number of nitrogens with zero attached hydrogens (tertiary/aromatic N) is 4. The predicted molar refractivity (Wildman–Crippen MR) is 76.1 cm³/mol. The van der Waals surface area contributed by atoms with Gasteiger partial charge in [-0.25, -0.2) is 4.68 Å². The summed E-state index contributed by atoms with van der Waals surface area (Å²) in [6.45, 7) is 8.56. The van der Waals surface area contributed by atoms with Gasteiger partial charge in [0.05, 0.1) is 4.92 Å². The fraction of sp³-hybridized carbons (Fsp3) is 0.769. The molecule has 0 saturated carbocycles. The van der Waals surface area contributed by atoms with E-state index in [4.69, 9.17) is 0 Å². The van der Waals surface area contributed by atoms with Crippen LogP contribution in [0.2, 0.25) is 0 Å². The third kappa shape index (κ3) is 1.88. The Hall–Kier alpha value is -1.63. The molecule has 0 aromatic carbocycles. The van der Waals surface area contributed by atoms with Crippen LogP contribution in [-0.2, 0) is 0 Å². The largest absolute Gasteiger partial charge is 0.346 e. The lowest BCUT2D eigenvalue weighted by molar-refractivity contribution is -0.384. The molecule has 2 atom stereocenters. The van der Waals surface area contributed by atoms with Crippen molar-refractivity contribution in [1.82, 2.24) is 15.1 Å². The molecule has 1 N–H and O–H groups in total. The maximum absolute atomic E-state index is 11.4. The first kappa shape index (κ1) is 13.4. The number of nitrogens with one attached hydrogen (secondary N) is 1. The van der Waals surface area contributed by atoms with Crippen LogP contribution in [0.15, 0.2) is 0 Å². The molecule has 2 fully saturated rings. The highest BCUT2D eigenvalue weighted by atomic mass is 16.6. The van der Waals surface area contributed by atoms with Gasteiger partial charge in [0.25, 0.3) is 0 Å². The number of aryl methyl sites for hydroxylation is 1. The molecular weight excluding hydrogens is 258 g/mol. The zero-order chi connectivity index (χ0) is 14.4. The third-order valence-corrected chi connectivity index (χ3v) is 4.42. The topological polar surface area (TPSA) is 76.2 Å². The second-order valence-corrected chi connectivity index (χ2v) is 6.02. The van der Waals surface area contributed by atoms with Crippen LogP contribution in [0.1, 0.15) is 32.0 Å². The van der Waals surface area contributed by atoms with Crippen LogP contribution >= 0.6 is 0 Å². The number of nitro groups is 1. The number of aromatic nitrogens is 2. The van der Waals surface area contributed by atoms with E-state index in [9.17, 15) is 10.1 Å². The van der Waals surface area contributed by atoms with Crippen molar-refractivity contribution < 1.29 is 4.92 Å². The minimum Gasteiger partial charge on any atom is -0.346 e. The monoisotopic (exact) mass is 279 g/mol. The van der Waals surface area contributed by atoms with Gasteiger partial charge in [-0.2, -0.15) is 5.10 Å². The second-order valence-electron chi connectivity index (χ2n) is 6.02. The Labute approximate surface area is 118 Å². The molecule has 0 amide bonds. The summed E-state index contributed by atoms with van der Waals surface area (Å²) < 4.78 is 1.81. The van der Waals surface area contributed by atoms with E-state index in [1.807, 2.05) is 18.5 Å². The fourth-order valence-electron chi connectivity index (χ4n) is 3.48. The highest BCUT2D eigenvalue weighted by Gasteiger charge is 2.42. The fourth-order valence-corrected chi connectivity index (χ4v) is 3.48. The van der Waals surface area contributed by atoms with E-state index >= 15 is 0 Å². The Morgan fingerprint density at radius 3 is 2.85 bits per heavy atom. The van der Waals surface area contributed by atoms with Crippen LogP contribution in [0.3, 0.4) is 0 Å². The molecule has 20 heavy (non-hydrogen) atoms. The van der Waals surface area contributed by atoms with E-state index in [0.29, 0.717) is 23.5 Å². The first-order chi connectivity index (χ1) is 9.50. The smallest absolute Gasteiger partial charge is 0.333 e. The average molecular weight is 279 g/mol. The minimum absolute atomic E-state index is 0.116. The summed E-state index contributed by atoms with van der Waals surface area (Å²) in [5.41, 5.74) is 0.680. The zero-order valence-electron chi connectivity index (χ0n) is 12.2. The van der Waals surface area contributed by atoms with Crippen LogP contribution in [0.5, 0.6) is 0 Å². The molecule has 1 aromatic heterocycles. The van der Waals surface area contributed by atoms with Crippen LogP contribution in [0, 0.1) is 23.0 Å². The van der Waals surface area contributed by atoms with Crippen LogP contribution in [0.25, 0.3) is 0 Å². The predicted octanol–water partition coefficient (Wildman–Crippen LogP) is 1.48. The number of fused-ring (bicyclic) bond motifs is 1. The van der Waals surface area contributed by atoms with Crippen molar-refractivity contribution in [3.05, 3.63) is 15.8 Å². The molecule has 0 spiro atoms. The molecule has 2 aliphatic rings. The summed E-state index contributed by atoms with van der Waals surface area (Å²) in [5.74, 6) is 1.30. The lowest BCUT2D eigenvalue weighted by Gasteiger charge is -2.26. The van der Waals surface area contributed by atoms with Gasteiger partial charge in [0.2, 0.25) is 5.82 Å². The summed E-state index contributed by atoms with van der Waals surface area (Å²) in [5, 5.41) is 19.2. The molecule has 0 radical (unpaired) electrons. The second kappa shape index (κ2) is 4.73. The summed E-state index contributed by atoms with van der Waals surface area (Å²) in [6.07, 6.45) is 1.09. The molecule has 3 heterocycles. The molecule has 0 unspecified atom stereocenters. The van der Waals surface area contributed by atoms with Crippen LogP contribution in [-0.4, -0.2) is 40.4 Å². The van der Waals surface area contributed by atoms with Gasteiger partial charge in [-0.1, -0.05) is 0 Å². The van der Waals surface area contributed by atoms with Gasteiger partial charge < -0.3 is 10.2 Å². The van der Waals surface area contributed by atoms with E-state index < -0.39 is 0 Å². The minimum atomic E-state index is -0.285. The number of hydrogen-bond acceptors (Lipinski definition) is 5. The SMILES string of the molecule is Cc1nn(C(C)C)c(N2CC[C@H]3CNC[C@H]32)c1[N+](=O)[O-]. The maximum atomic E-state index is 11.4. The lowest BCUT2D eigenvalue weighted by Crippen LogP contribution is -2.36. The molecule has 0 bridgehead atoms. The molecular formula is C13H21N5O2. The number of rotatable bonds is 3. The quantitative estimate of drug-likeness (QED) is 0.670. The molecule has 2 saturated heterocycles. The Kier molecular flexibility index (Phi) is 3.16. The summed E-state index contributed by atoms with van der Waals surface area (Å²) >= 11 is 0. The molecule has 7 heteroatoms. The Bertz CT molecular complexity index is 539. The van der Waals surface area contributed by atoms with E-state index in [0.717, 1.165) is 26.1 Å². The van der Waals surface area contributed by atoms with Gasteiger partial charge in [-0.15, -0.1) is 0 Å². The normalized spacial score (nSPS) is 25.5. The zero-order valence-corrected chi connectivity index (χ0v) is 12.2. The van der Waals surface area contributed by atoms with E-state index in [1.165, 1.54) is 0 Å². The molecule has 2 aliphatic heterocycles. The molecule has 3 rings (SSSR count). The maximum Gasteiger partial charge on any atom is 0.333 e. The Morgan fingerprint density at radius 2 is 2.20 bits per heavy atom. The van der Waals surface area contributed by atoms with Crippen molar-refractivity contribution in [3.63, 3.8) is 0 Å². The van der Waals surface area contributed by atoms with Crippen molar-refractivity contribution in [2.75, 3.05) is 24.5 Å². The highest BCUT2D eigenvalue weighted by molar-refractivity contribution is 5.63. The van der Waals surface area contributed by atoms with E-state index in [1.54, 1.807) is 6.92 Å². The Morgan fingerprint density at radius 1 is 1.45 bits per heavy atom. The van der Waals surface area contributed by atoms with E-state index in [2.05, 4.69) is 15.3 Å². The third-order valence-electron chi connectivity index (χ3n) is 4.42. The van der Waals surface area contributed by atoms with Gasteiger partial charge in [0.15, 0.2) is 0 Å². The first-order valence-electron chi connectivity index (χ1n) is 7.21. The van der Waals surface area contributed by atoms with Crippen molar-refractivity contribution in [2.24, 2.45) is 5.92 Å². The van der Waals surface area contributed by atoms with Gasteiger partial charge in [0, 0.05) is 31.7 Å². The van der Waals surface area contributed by atoms with Crippen molar-refractivity contribution in [3.8, 4) is 0 Å². The van der Waals surface area contributed by atoms with Gasteiger partial charge in [-0.05, 0) is 33.1 Å². The standard InChI is InChI=1S/C13H21N5O2/c1-8(2)17-13(12(18(19)20)9(3)15-17)16-5-4-10-6-14-7-11(10)16/h8,10-11,14H,4-7H2,1-3H3/t10-,11+/m0/s1. The van der Waals surface area contributed by atoms with Crippen LogP contribution in [0.4, 0.5) is 11.5 Å². The van der Waals surface area contributed by atoms with Crippen molar-refractivity contribution in [1.29, 1.82) is 0 Å². The Balaban J connectivity index is 2.09. The lowest BCUT2D eigenvalue weighted by atomic mass is 10.1. The van der Waals surface area contributed by atoms with Crippen LogP contribution < -0.4 is 10.2 Å². The van der Waals surface area contributed by atoms with Gasteiger partial charge in [0.1, 0.15) is 5.69 Å². The average Bonchev–Trinajstić information content (AvgIpc) is 3.00. The first-order valence-corrected chi connectivity index (χ1v) is 7.21. The van der Waals surface area contributed by atoms with Crippen molar-refractivity contribution >= 4 is 11.5 Å². The summed E-state index contributed by atoms with van der Waals surface area (Å²) in [6, 6.07) is 0.480. The number of anilines is 1.